The average molecular weight is 613 g/mol. The zero-order valence-corrected chi connectivity index (χ0v) is 24.0. The summed E-state index contributed by atoms with van der Waals surface area (Å²) in [4.78, 5) is 28.1. The Labute approximate surface area is 251 Å². The van der Waals surface area contributed by atoms with Gasteiger partial charge in [0.25, 0.3) is 5.91 Å². The molecule has 0 aliphatic carbocycles. The Bertz CT molecular complexity index is 1620. The van der Waals surface area contributed by atoms with Crippen molar-refractivity contribution in [3.63, 3.8) is 0 Å². The lowest BCUT2D eigenvalue weighted by molar-refractivity contribution is -0.137. The molecule has 43 heavy (non-hydrogen) atoms. The predicted octanol–water partition coefficient (Wildman–Crippen LogP) is 6.77. The van der Waals surface area contributed by atoms with Crippen molar-refractivity contribution in [1.29, 1.82) is 0 Å². The molecule has 2 aromatic carbocycles. The highest BCUT2D eigenvalue weighted by atomic mass is 35.5. The van der Waals surface area contributed by atoms with Gasteiger partial charge in [0.1, 0.15) is 18.1 Å². The first-order valence-corrected chi connectivity index (χ1v) is 13.8. The van der Waals surface area contributed by atoms with E-state index in [0.717, 1.165) is 31.5 Å². The second-order valence-corrected chi connectivity index (χ2v) is 10.3. The Morgan fingerprint density at radius 2 is 1.95 bits per heavy atom. The summed E-state index contributed by atoms with van der Waals surface area (Å²) in [5.74, 6) is 0.0386. The highest BCUT2D eigenvalue weighted by molar-refractivity contribution is 6.32. The molecule has 1 atom stereocenters. The van der Waals surface area contributed by atoms with Crippen LogP contribution < -0.4 is 20.1 Å². The van der Waals surface area contributed by atoms with Gasteiger partial charge in [-0.25, -0.2) is 15.0 Å². The molecule has 1 amide bonds. The number of anilines is 2. The molecule has 1 saturated heterocycles. The maximum Gasteiger partial charge on any atom is 0.416 e. The SMILES string of the molecule is CNc1nccc(-c2cccnc2Oc2cc(C(=O)Nc3cc(OCC4CCCN4C)cc(C(F)(F)F)c3)ccc2Cl)n1. The fraction of sp³-hybridized carbons (Fsp3) is 0.267. The molecule has 1 aliphatic rings. The van der Waals surface area contributed by atoms with Gasteiger partial charge in [-0.3, -0.25) is 4.79 Å². The van der Waals surface area contributed by atoms with Crippen LogP contribution in [0.1, 0.15) is 28.8 Å². The molecule has 0 saturated carbocycles. The molecule has 0 radical (unpaired) electrons. The summed E-state index contributed by atoms with van der Waals surface area (Å²) >= 11 is 6.38. The Hall–Kier alpha value is -4.42. The third-order valence-electron chi connectivity index (χ3n) is 6.93. The third-order valence-corrected chi connectivity index (χ3v) is 7.24. The highest BCUT2D eigenvalue weighted by Gasteiger charge is 2.32. The molecule has 224 valence electrons. The lowest BCUT2D eigenvalue weighted by atomic mass is 10.1. The van der Waals surface area contributed by atoms with Gasteiger partial charge in [-0.15, -0.1) is 0 Å². The van der Waals surface area contributed by atoms with Gasteiger partial charge >= 0.3 is 6.18 Å². The van der Waals surface area contributed by atoms with E-state index in [9.17, 15) is 18.0 Å². The van der Waals surface area contributed by atoms with Crippen molar-refractivity contribution >= 4 is 29.1 Å². The third kappa shape index (κ3) is 7.33. The van der Waals surface area contributed by atoms with E-state index in [4.69, 9.17) is 21.1 Å². The minimum atomic E-state index is -4.64. The van der Waals surface area contributed by atoms with Crippen LogP contribution in [0, 0.1) is 0 Å². The molecule has 1 aliphatic heterocycles. The van der Waals surface area contributed by atoms with Gasteiger partial charge in [-0.05, 0) is 75.0 Å². The standard InChI is InChI=1S/C30H28ClF3N6O3/c1-35-29-37-11-9-25(39-29)23-6-3-10-36-28(23)43-26-13-18(7-8-24(26)31)27(41)38-20-14-19(30(32,33)34)15-22(16-20)42-17-21-5-4-12-40(21)2/h3,6-11,13-16,21H,4-5,12,17H2,1-2H3,(H,38,41)(H,35,37,39). The summed E-state index contributed by atoms with van der Waals surface area (Å²) < 4.78 is 52.8. The van der Waals surface area contributed by atoms with E-state index >= 15 is 0 Å². The van der Waals surface area contributed by atoms with Gasteiger partial charge in [0.15, 0.2) is 0 Å². The normalized spacial score (nSPS) is 15.3. The first kappa shape index (κ1) is 30.1. The van der Waals surface area contributed by atoms with Crippen molar-refractivity contribution in [2.24, 2.45) is 0 Å². The number of aromatic nitrogens is 3. The number of carbonyl (C=O) groups is 1. The molecule has 3 heterocycles. The van der Waals surface area contributed by atoms with Gasteiger partial charge < -0.3 is 25.0 Å². The Balaban J connectivity index is 1.37. The summed E-state index contributed by atoms with van der Waals surface area (Å²) in [5.41, 5.74) is 0.184. The molecule has 2 N–H and O–H groups in total. The highest BCUT2D eigenvalue weighted by Crippen LogP contribution is 2.36. The van der Waals surface area contributed by atoms with Gasteiger partial charge in [0, 0.05) is 42.8 Å². The maximum absolute atomic E-state index is 13.7. The van der Waals surface area contributed by atoms with Crippen LogP contribution in [0.2, 0.25) is 5.02 Å². The minimum Gasteiger partial charge on any atom is -0.492 e. The molecule has 0 bridgehead atoms. The van der Waals surface area contributed by atoms with E-state index in [1.807, 2.05) is 7.05 Å². The number of pyridine rings is 1. The number of halogens is 4. The molecule has 1 fully saturated rings. The van der Waals surface area contributed by atoms with Crippen molar-refractivity contribution in [3.05, 3.63) is 83.1 Å². The summed E-state index contributed by atoms with van der Waals surface area (Å²) in [6.45, 7) is 1.15. The van der Waals surface area contributed by atoms with Gasteiger partial charge in [0.05, 0.1) is 21.8 Å². The largest absolute Gasteiger partial charge is 0.492 e. The van der Waals surface area contributed by atoms with Gasteiger partial charge in [-0.1, -0.05) is 11.6 Å². The monoisotopic (exact) mass is 612 g/mol. The van der Waals surface area contributed by atoms with Crippen LogP contribution in [0.5, 0.6) is 17.4 Å². The fourth-order valence-electron chi connectivity index (χ4n) is 4.63. The van der Waals surface area contributed by atoms with Crippen LogP contribution in [0.15, 0.2) is 67.0 Å². The topological polar surface area (TPSA) is 102 Å². The van der Waals surface area contributed by atoms with Gasteiger partial charge in [-0.2, -0.15) is 13.2 Å². The zero-order valence-electron chi connectivity index (χ0n) is 23.3. The van der Waals surface area contributed by atoms with E-state index in [1.54, 1.807) is 31.4 Å². The van der Waals surface area contributed by atoms with Crippen LogP contribution in [-0.2, 0) is 6.18 Å². The predicted molar refractivity (Wildman–Crippen MR) is 157 cm³/mol. The van der Waals surface area contributed by atoms with E-state index in [0.29, 0.717) is 17.2 Å². The molecule has 0 spiro atoms. The Morgan fingerprint density at radius 1 is 1.12 bits per heavy atom. The van der Waals surface area contributed by atoms with E-state index < -0.39 is 17.6 Å². The number of likely N-dealkylation sites (N-methyl/N-ethyl adjacent to an activating group) is 1. The number of benzene rings is 2. The molecule has 5 rings (SSSR count). The fourth-order valence-corrected chi connectivity index (χ4v) is 4.78. The lowest BCUT2D eigenvalue weighted by Gasteiger charge is -2.20. The number of nitrogens with zero attached hydrogens (tertiary/aromatic N) is 4. The molecule has 4 aromatic rings. The zero-order chi connectivity index (χ0) is 30.6. The summed E-state index contributed by atoms with van der Waals surface area (Å²) in [6, 6.07) is 12.7. The van der Waals surface area contributed by atoms with Crippen LogP contribution in [0.3, 0.4) is 0 Å². The van der Waals surface area contributed by atoms with E-state index in [-0.39, 0.29) is 46.3 Å². The quantitative estimate of drug-likeness (QED) is 0.214. The average Bonchev–Trinajstić information content (AvgIpc) is 3.41. The molecular weight excluding hydrogens is 585 g/mol. The first-order valence-electron chi connectivity index (χ1n) is 13.4. The minimum absolute atomic E-state index is 0.0133. The number of hydrogen-bond acceptors (Lipinski definition) is 8. The van der Waals surface area contributed by atoms with Crippen molar-refractivity contribution in [1.82, 2.24) is 19.9 Å². The molecule has 1 unspecified atom stereocenters. The number of rotatable bonds is 9. The molecular formula is C30H28ClF3N6O3. The van der Waals surface area contributed by atoms with Crippen molar-refractivity contribution in [2.45, 2.75) is 25.1 Å². The number of alkyl halides is 3. The first-order chi connectivity index (χ1) is 20.6. The van der Waals surface area contributed by atoms with Crippen molar-refractivity contribution < 1.29 is 27.4 Å². The van der Waals surface area contributed by atoms with Crippen LogP contribution in [0.4, 0.5) is 24.8 Å². The molecule has 13 heteroatoms. The number of nitrogens with one attached hydrogen (secondary N) is 2. The maximum atomic E-state index is 13.7. The summed E-state index contributed by atoms with van der Waals surface area (Å²) in [7, 11) is 3.64. The van der Waals surface area contributed by atoms with Gasteiger partial charge in [0.2, 0.25) is 11.8 Å². The smallest absolute Gasteiger partial charge is 0.416 e. The van der Waals surface area contributed by atoms with Crippen molar-refractivity contribution in [2.75, 3.05) is 37.9 Å². The second-order valence-electron chi connectivity index (χ2n) is 9.90. The molecule has 9 nitrogen and oxygen atoms in total. The van der Waals surface area contributed by atoms with E-state index in [2.05, 4.69) is 30.5 Å². The number of likely N-dealkylation sites (tertiary alicyclic amines) is 1. The summed E-state index contributed by atoms with van der Waals surface area (Å²) in [6.07, 6.45) is 0.376. The number of carbonyl (C=O) groups excluding carboxylic acids is 1. The number of ether oxygens (including phenoxy) is 2. The van der Waals surface area contributed by atoms with Crippen LogP contribution >= 0.6 is 11.6 Å². The van der Waals surface area contributed by atoms with Crippen molar-refractivity contribution in [3.8, 4) is 28.6 Å². The number of amides is 1. The summed E-state index contributed by atoms with van der Waals surface area (Å²) in [5, 5.41) is 5.60. The molecule has 2 aromatic heterocycles. The van der Waals surface area contributed by atoms with Crippen LogP contribution in [-0.4, -0.2) is 59.0 Å². The van der Waals surface area contributed by atoms with Crippen LogP contribution in [0.25, 0.3) is 11.3 Å². The second kappa shape index (κ2) is 12.8. The Kier molecular flexibility index (Phi) is 8.97. The lowest BCUT2D eigenvalue weighted by Crippen LogP contribution is -2.30. The Morgan fingerprint density at radius 3 is 2.70 bits per heavy atom. The van der Waals surface area contributed by atoms with E-state index in [1.165, 1.54) is 30.5 Å². The number of hydrogen-bond donors (Lipinski definition) is 2.